The summed E-state index contributed by atoms with van der Waals surface area (Å²) in [7, 11) is 1.33. The third-order valence-corrected chi connectivity index (χ3v) is 3.21. The predicted molar refractivity (Wildman–Crippen MR) is 63.2 cm³/mol. The molecular formula is C10H11ClFNO2S. The van der Waals surface area contributed by atoms with E-state index in [4.69, 9.17) is 17.3 Å². The molecule has 0 spiro atoms. The van der Waals surface area contributed by atoms with Gasteiger partial charge in [0.05, 0.1) is 18.6 Å². The van der Waals surface area contributed by atoms with Crippen molar-refractivity contribution in [1.29, 1.82) is 0 Å². The van der Waals surface area contributed by atoms with E-state index in [1.54, 1.807) is 0 Å². The molecule has 16 heavy (non-hydrogen) atoms. The maximum atomic E-state index is 13.0. The van der Waals surface area contributed by atoms with Crippen molar-refractivity contribution in [2.75, 3.05) is 18.6 Å². The number of thioether (sulfide) groups is 1. The Bertz CT molecular complexity index is 401. The molecule has 1 aromatic carbocycles. The lowest BCUT2D eigenvalue weighted by molar-refractivity contribution is -0.140. The van der Waals surface area contributed by atoms with Gasteiger partial charge in [-0.25, -0.2) is 4.39 Å². The van der Waals surface area contributed by atoms with Gasteiger partial charge >= 0.3 is 5.97 Å². The predicted octanol–water partition coefficient (Wildman–Crippen LogP) is 2.72. The minimum Gasteiger partial charge on any atom is -0.469 e. The number of ether oxygens (including phenoxy) is 1. The summed E-state index contributed by atoms with van der Waals surface area (Å²) in [4.78, 5) is 11.5. The molecular weight excluding hydrogens is 253 g/mol. The number of carbonyl (C=O) groups is 1. The number of esters is 1. The van der Waals surface area contributed by atoms with Gasteiger partial charge in [0.15, 0.2) is 0 Å². The number of hydrogen-bond donors (Lipinski definition) is 1. The molecule has 1 rings (SSSR count). The molecule has 3 nitrogen and oxygen atoms in total. The van der Waals surface area contributed by atoms with Crippen LogP contribution in [0.1, 0.15) is 6.42 Å². The van der Waals surface area contributed by atoms with Crippen LogP contribution in [0.5, 0.6) is 0 Å². The zero-order valence-electron chi connectivity index (χ0n) is 8.63. The molecule has 0 atom stereocenters. The summed E-state index contributed by atoms with van der Waals surface area (Å²) < 4.78 is 17.5. The topological polar surface area (TPSA) is 52.3 Å². The number of benzene rings is 1. The van der Waals surface area contributed by atoms with E-state index in [0.717, 1.165) is 0 Å². The molecule has 0 heterocycles. The first kappa shape index (κ1) is 13.1. The number of nitrogen functional groups attached to an aromatic ring is 1. The van der Waals surface area contributed by atoms with Crippen molar-refractivity contribution in [2.45, 2.75) is 11.3 Å². The lowest BCUT2D eigenvalue weighted by atomic mass is 10.3. The first-order valence-electron chi connectivity index (χ1n) is 4.48. The maximum absolute atomic E-state index is 13.0. The lowest BCUT2D eigenvalue weighted by Crippen LogP contribution is -2.01. The average molecular weight is 264 g/mol. The second-order valence-electron chi connectivity index (χ2n) is 2.98. The Labute approximate surface area is 102 Å². The quantitative estimate of drug-likeness (QED) is 0.516. The Morgan fingerprint density at radius 3 is 2.94 bits per heavy atom. The number of hydrogen-bond acceptors (Lipinski definition) is 4. The fourth-order valence-electron chi connectivity index (χ4n) is 1.02. The fraction of sp³-hybridized carbons (Fsp3) is 0.300. The van der Waals surface area contributed by atoms with Crippen LogP contribution in [0.15, 0.2) is 17.0 Å². The number of nitrogens with two attached hydrogens (primary N) is 1. The third kappa shape index (κ3) is 3.57. The largest absolute Gasteiger partial charge is 0.469 e. The van der Waals surface area contributed by atoms with E-state index in [0.29, 0.717) is 16.3 Å². The Balaban J connectivity index is 2.60. The Morgan fingerprint density at radius 2 is 2.31 bits per heavy atom. The summed E-state index contributed by atoms with van der Waals surface area (Å²) in [6.07, 6.45) is 0.273. The second kappa shape index (κ2) is 5.96. The van der Waals surface area contributed by atoms with Crippen molar-refractivity contribution in [2.24, 2.45) is 0 Å². The number of anilines is 1. The van der Waals surface area contributed by atoms with E-state index in [9.17, 15) is 9.18 Å². The molecule has 0 unspecified atom stereocenters. The Hall–Kier alpha value is -0.940. The van der Waals surface area contributed by atoms with Crippen molar-refractivity contribution in [3.05, 3.63) is 23.0 Å². The summed E-state index contributed by atoms with van der Waals surface area (Å²) in [5.74, 6) is -0.325. The van der Waals surface area contributed by atoms with Crippen molar-refractivity contribution >= 4 is 35.0 Å². The molecule has 0 bridgehead atoms. The van der Waals surface area contributed by atoms with Gasteiger partial charge in [-0.2, -0.15) is 0 Å². The maximum Gasteiger partial charge on any atom is 0.306 e. The Kier molecular flexibility index (Phi) is 4.89. The number of carbonyl (C=O) groups excluding carboxylic acids is 1. The van der Waals surface area contributed by atoms with E-state index in [1.165, 1.54) is 31.0 Å². The molecule has 1 aromatic rings. The molecule has 0 aliphatic rings. The summed E-state index contributed by atoms with van der Waals surface area (Å²) in [5, 5.41) is 0.0229. The molecule has 0 aromatic heterocycles. The van der Waals surface area contributed by atoms with Crippen LogP contribution in [0.4, 0.5) is 10.1 Å². The smallest absolute Gasteiger partial charge is 0.306 e. The fourth-order valence-corrected chi connectivity index (χ4v) is 2.16. The zero-order chi connectivity index (χ0) is 12.1. The highest BCUT2D eigenvalue weighted by molar-refractivity contribution is 7.99. The molecule has 6 heteroatoms. The minimum atomic E-state index is -0.545. The monoisotopic (exact) mass is 263 g/mol. The van der Waals surface area contributed by atoms with Gasteiger partial charge in [0, 0.05) is 16.3 Å². The van der Waals surface area contributed by atoms with E-state index >= 15 is 0 Å². The highest BCUT2D eigenvalue weighted by Crippen LogP contribution is 2.30. The molecule has 0 aliphatic carbocycles. The van der Waals surface area contributed by atoms with Crippen LogP contribution in [0, 0.1) is 5.82 Å². The van der Waals surface area contributed by atoms with Gasteiger partial charge in [-0.1, -0.05) is 11.6 Å². The van der Waals surface area contributed by atoms with Gasteiger partial charge < -0.3 is 10.5 Å². The van der Waals surface area contributed by atoms with Crippen LogP contribution in [0.2, 0.25) is 5.02 Å². The first-order valence-corrected chi connectivity index (χ1v) is 5.85. The Morgan fingerprint density at radius 1 is 1.62 bits per heavy atom. The molecule has 88 valence electrons. The van der Waals surface area contributed by atoms with Crippen molar-refractivity contribution in [3.8, 4) is 0 Å². The van der Waals surface area contributed by atoms with Crippen molar-refractivity contribution in [1.82, 2.24) is 0 Å². The third-order valence-electron chi connectivity index (χ3n) is 1.84. The van der Waals surface area contributed by atoms with Crippen LogP contribution in [-0.2, 0) is 9.53 Å². The average Bonchev–Trinajstić information content (AvgIpc) is 2.25. The molecule has 0 amide bonds. The standard InChI is InChI=1S/C10H11ClFNO2S/c1-15-10(14)2-3-16-9-4-6(11)7(12)5-8(9)13/h4-5H,2-3,13H2,1H3. The van der Waals surface area contributed by atoms with Crippen molar-refractivity contribution in [3.63, 3.8) is 0 Å². The van der Waals surface area contributed by atoms with Crippen molar-refractivity contribution < 1.29 is 13.9 Å². The van der Waals surface area contributed by atoms with Crippen LogP contribution in [-0.4, -0.2) is 18.8 Å². The highest BCUT2D eigenvalue weighted by Gasteiger charge is 2.08. The number of halogens is 2. The molecule has 0 aliphatic heterocycles. The van der Waals surface area contributed by atoms with Gasteiger partial charge in [-0.15, -0.1) is 11.8 Å². The van der Waals surface area contributed by atoms with Gasteiger partial charge in [0.25, 0.3) is 0 Å². The summed E-state index contributed by atoms with van der Waals surface area (Å²) in [6.45, 7) is 0. The first-order chi connectivity index (χ1) is 7.54. The minimum absolute atomic E-state index is 0.0229. The normalized spacial score (nSPS) is 10.2. The molecule has 0 radical (unpaired) electrons. The van der Waals surface area contributed by atoms with E-state index < -0.39 is 5.82 Å². The van der Waals surface area contributed by atoms with Gasteiger partial charge in [0.1, 0.15) is 5.82 Å². The molecule has 0 saturated carbocycles. The van der Waals surface area contributed by atoms with Crippen LogP contribution in [0.3, 0.4) is 0 Å². The van der Waals surface area contributed by atoms with E-state index in [-0.39, 0.29) is 17.4 Å². The molecule has 2 N–H and O–H groups in total. The second-order valence-corrected chi connectivity index (χ2v) is 4.52. The summed E-state index contributed by atoms with van der Waals surface area (Å²) >= 11 is 6.96. The number of rotatable bonds is 4. The summed E-state index contributed by atoms with van der Waals surface area (Å²) in [5.41, 5.74) is 5.92. The zero-order valence-corrected chi connectivity index (χ0v) is 10.2. The van der Waals surface area contributed by atoms with Crippen LogP contribution in [0.25, 0.3) is 0 Å². The van der Waals surface area contributed by atoms with Crippen LogP contribution < -0.4 is 5.73 Å². The lowest BCUT2D eigenvalue weighted by Gasteiger charge is -2.06. The van der Waals surface area contributed by atoms with Crippen LogP contribution >= 0.6 is 23.4 Å². The van der Waals surface area contributed by atoms with Gasteiger partial charge in [-0.05, 0) is 12.1 Å². The van der Waals surface area contributed by atoms with Gasteiger partial charge in [0.2, 0.25) is 0 Å². The SMILES string of the molecule is COC(=O)CCSc1cc(Cl)c(F)cc1N. The molecule has 0 saturated heterocycles. The molecule has 0 fully saturated rings. The highest BCUT2D eigenvalue weighted by atomic mass is 35.5. The summed E-state index contributed by atoms with van der Waals surface area (Å²) in [6, 6.07) is 2.62. The van der Waals surface area contributed by atoms with Gasteiger partial charge in [-0.3, -0.25) is 4.79 Å². The van der Waals surface area contributed by atoms with E-state index in [1.807, 2.05) is 0 Å². The number of methoxy groups -OCH3 is 1. The van der Waals surface area contributed by atoms with E-state index in [2.05, 4.69) is 4.74 Å².